The first kappa shape index (κ1) is 10.4. The zero-order valence-corrected chi connectivity index (χ0v) is 8.68. The van der Waals surface area contributed by atoms with Gasteiger partial charge in [-0.25, -0.2) is 0 Å². The molecule has 0 spiro atoms. The van der Waals surface area contributed by atoms with E-state index in [1.807, 2.05) is 6.08 Å². The minimum Gasteiger partial charge on any atom is -0.462 e. The molecule has 0 saturated carbocycles. The zero-order valence-electron chi connectivity index (χ0n) is 7.68. The Morgan fingerprint density at radius 3 is 2.36 bits per heavy atom. The van der Waals surface area contributed by atoms with Crippen molar-refractivity contribution in [2.45, 2.75) is 26.6 Å². The Hall–Kier alpha value is -0.573. The number of hydrogen-bond donors (Lipinski definition) is 0. The number of ether oxygens (including phenoxy) is 1. The lowest BCUT2D eigenvalue weighted by atomic mass is 10.7. The molecule has 0 bridgehead atoms. The minimum absolute atomic E-state index is 0.217. The van der Waals surface area contributed by atoms with Gasteiger partial charge in [-0.05, 0) is 0 Å². The van der Waals surface area contributed by atoms with E-state index in [2.05, 4.69) is 25.3 Å². The van der Waals surface area contributed by atoms with Crippen LogP contribution in [0.3, 0.4) is 0 Å². The second-order valence-corrected chi connectivity index (χ2v) is 8.64. The smallest absolute Gasteiger partial charge is 0.302 e. The average molecular weight is 172 g/mol. The van der Waals surface area contributed by atoms with E-state index in [-0.39, 0.29) is 5.97 Å². The highest BCUT2D eigenvalue weighted by Gasteiger charge is 2.05. The summed E-state index contributed by atoms with van der Waals surface area (Å²) in [5.74, 6) is -0.217. The lowest BCUT2D eigenvalue weighted by Gasteiger charge is -2.07. The Kier molecular flexibility index (Phi) is 4.11. The topological polar surface area (TPSA) is 26.3 Å². The molecule has 0 aliphatic heterocycles. The van der Waals surface area contributed by atoms with Crippen LogP contribution in [0.1, 0.15) is 6.92 Å². The molecule has 0 aromatic carbocycles. The molecule has 0 aromatic rings. The third kappa shape index (κ3) is 9.43. The van der Waals surface area contributed by atoms with Gasteiger partial charge in [0.1, 0.15) is 6.61 Å². The molecule has 0 radical (unpaired) electrons. The predicted octanol–water partition coefficient (Wildman–Crippen LogP) is 1.98. The summed E-state index contributed by atoms with van der Waals surface area (Å²) < 4.78 is 4.73. The van der Waals surface area contributed by atoms with Crippen molar-refractivity contribution in [1.29, 1.82) is 0 Å². The van der Waals surface area contributed by atoms with Crippen LogP contribution in [-0.2, 0) is 9.53 Å². The molecule has 0 unspecified atom stereocenters. The van der Waals surface area contributed by atoms with Crippen molar-refractivity contribution < 1.29 is 9.53 Å². The van der Waals surface area contributed by atoms with Gasteiger partial charge in [-0.3, -0.25) is 4.79 Å². The third-order valence-electron chi connectivity index (χ3n) is 1.00. The van der Waals surface area contributed by atoms with Crippen molar-refractivity contribution in [2.24, 2.45) is 0 Å². The van der Waals surface area contributed by atoms with Gasteiger partial charge in [0.2, 0.25) is 0 Å². The Bertz CT molecular complexity index is 156. The van der Waals surface area contributed by atoms with Crippen molar-refractivity contribution in [3.63, 3.8) is 0 Å². The SMILES string of the molecule is CC(=O)OC/C=C\[Si](C)(C)C. The molecule has 0 atom stereocenters. The summed E-state index contributed by atoms with van der Waals surface area (Å²) in [6.45, 7) is 8.54. The normalized spacial score (nSPS) is 12.0. The summed E-state index contributed by atoms with van der Waals surface area (Å²) in [6, 6.07) is 0. The summed E-state index contributed by atoms with van der Waals surface area (Å²) in [5.41, 5.74) is 2.16. The first-order chi connectivity index (χ1) is 4.92. The van der Waals surface area contributed by atoms with Crippen molar-refractivity contribution in [1.82, 2.24) is 0 Å². The highest BCUT2D eigenvalue weighted by Crippen LogP contribution is 2.01. The maximum Gasteiger partial charge on any atom is 0.302 e. The van der Waals surface area contributed by atoms with E-state index < -0.39 is 8.07 Å². The quantitative estimate of drug-likeness (QED) is 0.480. The van der Waals surface area contributed by atoms with Gasteiger partial charge in [-0.2, -0.15) is 0 Å². The minimum atomic E-state index is -1.10. The molecule has 0 amide bonds. The molecule has 0 aliphatic rings. The van der Waals surface area contributed by atoms with Gasteiger partial charge in [0, 0.05) is 6.92 Å². The number of esters is 1. The van der Waals surface area contributed by atoms with Crippen molar-refractivity contribution in [3.8, 4) is 0 Å². The van der Waals surface area contributed by atoms with Crippen LogP contribution in [-0.4, -0.2) is 20.7 Å². The average Bonchev–Trinajstić information content (AvgIpc) is 1.78. The lowest BCUT2D eigenvalue weighted by Crippen LogP contribution is -2.15. The van der Waals surface area contributed by atoms with Crippen LogP contribution in [0.15, 0.2) is 11.8 Å². The Morgan fingerprint density at radius 1 is 1.45 bits per heavy atom. The molecule has 3 heteroatoms. The maximum absolute atomic E-state index is 10.3. The van der Waals surface area contributed by atoms with Crippen molar-refractivity contribution in [3.05, 3.63) is 11.8 Å². The van der Waals surface area contributed by atoms with Crippen LogP contribution in [0, 0.1) is 0 Å². The molecule has 0 heterocycles. The van der Waals surface area contributed by atoms with Crippen LogP contribution in [0.2, 0.25) is 19.6 Å². The van der Waals surface area contributed by atoms with Crippen LogP contribution in [0.5, 0.6) is 0 Å². The third-order valence-corrected chi connectivity index (χ3v) is 2.24. The molecule has 64 valence electrons. The Morgan fingerprint density at radius 2 is 2.00 bits per heavy atom. The van der Waals surface area contributed by atoms with E-state index in [9.17, 15) is 4.79 Å². The summed E-state index contributed by atoms with van der Waals surface area (Å²) in [4.78, 5) is 10.3. The second kappa shape index (κ2) is 4.33. The van der Waals surface area contributed by atoms with Gasteiger partial charge in [0.05, 0.1) is 8.07 Å². The van der Waals surface area contributed by atoms with Gasteiger partial charge >= 0.3 is 5.97 Å². The van der Waals surface area contributed by atoms with E-state index in [1.54, 1.807) is 0 Å². The van der Waals surface area contributed by atoms with Gasteiger partial charge < -0.3 is 4.74 Å². The summed E-state index contributed by atoms with van der Waals surface area (Å²) in [6.07, 6.45) is 1.92. The van der Waals surface area contributed by atoms with Gasteiger partial charge in [0.25, 0.3) is 0 Å². The van der Waals surface area contributed by atoms with Crippen LogP contribution in [0.25, 0.3) is 0 Å². The molecule has 2 nitrogen and oxygen atoms in total. The molecule has 0 N–H and O–H groups in total. The van der Waals surface area contributed by atoms with Crippen molar-refractivity contribution in [2.75, 3.05) is 6.61 Å². The molecular weight excluding hydrogens is 156 g/mol. The van der Waals surface area contributed by atoms with E-state index in [0.29, 0.717) is 6.61 Å². The standard InChI is InChI=1S/C8H16O2Si/c1-8(9)10-6-5-7-11(2,3)4/h5,7H,6H2,1-4H3/b7-5-. The molecule has 0 rings (SSSR count). The predicted molar refractivity (Wildman–Crippen MR) is 49.1 cm³/mol. The van der Waals surface area contributed by atoms with Crippen LogP contribution >= 0.6 is 0 Å². The molecule has 0 aromatic heterocycles. The molecule has 11 heavy (non-hydrogen) atoms. The van der Waals surface area contributed by atoms with Gasteiger partial charge in [-0.15, -0.1) is 0 Å². The largest absolute Gasteiger partial charge is 0.462 e. The Labute approximate surface area is 69.3 Å². The summed E-state index contributed by atoms with van der Waals surface area (Å²) in [7, 11) is -1.10. The monoisotopic (exact) mass is 172 g/mol. The van der Waals surface area contributed by atoms with E-state index >= 15 is 0 Å². The molecule has 0 fully saturated rings. The van der Waals surface area contributed by atoms with Gasteiger partial charge in [0.15, 0.2) is 0 Å². The molecular formula is C8H16O2Si. The summed E-state index contributed by atoms with van der Waals surface area (Å²) >= 11 is 0. The van der Waals surface area contributed by atoms with E-state index in [1.165, 1.54) is 6.92 Å². The maximum atomic E-state index is 10.3. The number of rotatable bonds is 3. The highest BCUT2D eigenvalue weighted by atomic mass is 28.3. The fourth-order valence-electron chi connectivity index (χ4n) is 0.567. The number of carbonyl (C=O) groups excluding carboxylic acids is 1. The first-order valence-electron chi connectivity index (χ1n) is 3.73. The number of hydrogen-bond acceptors (Lipinski definition) is 2. The second-order valence-electron chi connectivity index (χ2n) is 3.57. The Balaban J connectivity index is 3.54. The van der Waals surface area contributed by atoms with Gasteiger partial charge in [-0.1, -0.05) is 31.4 Å². The van der Waals surface area contributed by atoms with E-state index in [4.69, 9.17) is 4.74 Å². The highest BCUT2D eigenvalue weighted by molar-refractivity contribution is 6.80. The molecule has 0 saturated heterocycles. The van der Waals surface area contributed by atoms with Crippen LogP contribution in [0.4, 0.5) is 0 Å². The van der Waals surface area contributed by atoms with Crippen molar-refractivity contribution >= 4 is 14.0 Å². The van der Waals surface area contributed by atoms with E-state index in [0.717, 1.165) is 0 Å². The zero-order chi connectivity index (χ0) is 8.91. The fourth-order valence-corrected chi connectivity index (χ4v) is 1.37. The fraction of sp³-hybridized carbons (Fsp3) is 0.625. The number of carbonyl (C=O) groups is 1. The first-order valence-corrected chi connectivity index (χ1v) is 7.30. The summed E-state index contributed by atoms with van der Waals surface area (Å²) in [5, 5.41) is 0. The van der Waals surface area contributed by atoms with Crippen LogP contribution < -0.4 is 0 Å². The molecule has 0 aliphatic carbocycles. The lowest BCUT2D eigenvalue weighted by molar-refractivity contribution is -0.139.